The molecule has 0 atom stereocenters. The molecule has 0 saturated carbocycles. The van der Waals surface area contributed by atoms with Crippen LogP contribution in [0.5, 0.6) is 0 Å². The molecule has 2 aliphatic carbocycles. The predicted molar refractivity (Wildman–Crippen MR) is 290 cm³/mol. The number of hydrogen-bond donors (Lipinski definition) is 0. The number of anilines is 3. The number of fused-ring (bicyclic) bond motifs is 7. The van der Waals surface area contributed by atoms with Gasteiger partial charge in [-0.2, -0.15) is 0 Å². The lowest BCUT2D eigenvalue weighted by molar-refractivity contribution is 0.660. The van der Waals surface area contributed by atoms with Gasteiger partial charge in [0.15, 0.2) is 0 Å². The van der Waals surface area contributed by atoms with Crippen molar-refractivity contribution in [1.29, 1.82) is 0 Å². The highest BCUT2D eigenvalue weighted by Crippen LogP contribution is 2.57. The monoisotopic (exact) mass is 879 g/mol. The molecule has 2 aliphatic rings. The standard InChI is InChI=1S/C68H49N/c1-67(2)63-29-13-11-26-59(63)61-41-35-49(44-65(61)67)46-31-37-54(38-32-46)69(56-24-15-19-51(43-56)58-28-16-18-48-17-9-10-25-57(48)58)55-39-33-47(34-40-55)50-36-42-62-60-27-12-14-30-64(60)68(66(62)45-50,52-20-5-3-6-21-52)53-22-7-4-8-23-53/h3-45H,1-2H3. The highest BCUT2D eigenvalue weighted by atomic mass is 15.1. The highest BCUT2D eigenvalue weighted by molar-refractivity contribution is 5.98. The van der Waals surface area contributed by atoms with E-state index in [0.717, 1.165) is 17.1 Å². The molecular formula is C68H49N. The van der Waals surface area contributed by atoms with Gasteiger partial charge in [0.05, 0.1) is 5.41 Å². The summed E-state index contributed by atoms with van der Waals surface area (Å²) in [6.07, 6.45) is 0. The SMILES string of the molecule is CC1(C)c2ccccc2-c2ccc(-c3ccc(N(c4ccc(-c5ccc6c(c5)C(c5ccccc5)(c5ccccc5)c5ccccc5-6)cc4)c4cccc(-c5cccc6ccccc56)c4)cc3)cc21. The highest BCUT2D eigenvalue weighted by Gasteiger charge is 2.46. The summed E-state index contributed by atoms with van der Waals surface area (Å²) >= 11 is 0. The quantitative estimate of drug-likeness (QED) is 0.147. The molecule has 11 aromatic rings. The van der Waals surface area contributed by atoms with Gasteiger partial charge in [0.1, 0.15) is 0 Å². The Bertz CT molecular complexity index is 3690. The molecule has 326 valence electrons. The second kappa shape index (κ2) is 16.1. The van der Waals surface area contributed by atoms with Crippen LogP contribution in [-0.2, 0) is 10.8 Å². The minimum atomic E-state index is -0.455. The summed E-state index contributed by atoms with van der Waals surface area (Å²) in [5.41, 5.74) is 23.2. The molecule has 0 N–H and O–H groups in total. The van der Waals surface area contributed by atoms with Crippen LogP contribution in [0.3, 0.4) is 0 Å². The molecule has 69 heavy (non-hydrogen) atoms. The molecule has 0 unspecified atom stereocenters. The fourth-order valence-corrected chi connectivity index (χ4v) is 11.9. The van der Waals surface area contributed by atoms with Crippen molar-refractivity contribution >= 4 is 27.8 Å². The van der Waals surface area contributed by atoms with Gasteiger partial charge in [0.25, 0.3) is 0 Å². The van der Waals surface area contributed by atoms with E-state index in [1.165, 1.54) is 99.8 Å². The lowest BCUT2D eigenvalue weighted by Gasteiger charge is -2.34. The summed E-state index contributed by atoms with van der Waals surface area (Å²) in [5, 5.41) is 2.49. The Balaban J connectivity index is 0.914. The molecule has 11 aromatic carbocycles. The first-order chi connectivity index (χ1) is 34.0. The van der Waals surface area contributed by atoms with Crippen LogP contribution in [0, 0.1) is 0 Å². The minimum absolute atomic E-state index is 0.0579. The lowest BCUT2D eigenvalue weighted by atomic mass is 9.67. The summed E-state index contributed by atoms with van der Waals surface area (Å²) < 4.78 is 0. The largest absolute Gasteiger partial charge is 0.310 e. The van der Waals surface area contributed by atoms with E-state index in [1.807, 2.05) is 0 Å². The smallest absolute Gasteiger partial charge is 0.0713 e. The molecule has 1 heteroatoms. The van der Waals surface area contributed by atoms with Crippen LogP contribution in [-0.4, -0.2) is 0 Å². The fraction of sp³-hybridized carbons (Fsp3) is 0.0588. The Morgan fingerprint density at radius 2 is 0.739 bits per heavy atom. The van der Waals surface area contributed by atoms with E-state index in [4.69, 9.17) is 0 Å². The third-order valence-corrected chi connectivity index (χ3v) is 15.2. The van der Waals surface area contributed by atoms with Gasteiger partial charge < -0.3 is 4.90 Å². The zero-order valence-corrected chi connectivity index (χ0v) is 38.8. The van der Waals surface area contributed by atoms with Gasteiger partial charge in [0.2, 0.25) is 0 Å². The van der Waals surface area contributed by atoms with Crippen LogP contribution < -0.4 is 4.90 Å². The van der Waals surface area contributed by atoms with Crippen molar-refractivity contribution in [3.8, 4) is 55.6 Å². The van der Waals surface area contributed by atoms with Crippen molar-refractivity contribution in [3.05, 3.63) is 294 Å². The molecule has 0 spiro atoms. The van der Waals surface area contributed by atoms with Gasteiger partial charge in [0, 0.05) is 22.5 Å². The normalized spacial score (nSPS) is 13.6. The van der Waals surface area contributed by atoms with Crippen molar-refractivity contribution in [3.63, 3.8) is 0 Å². The second-order valence-electron chi connectivity index (χ2n) is 19.2. The van der Waals surface area contributed by atoms with Gasteiger partial charge in [-0.15, -0.1) is 0 Å². The molecule has 1 nitrogen and oxygen atoms in total. The van der Waals surface area contributed by atoms with Crippen LogP contribution in [0.2, 0.25) is 0 Å². The molecule has 0 amide bonds. The Hall–Kier alpha value is -8.52. The zero-order chi connectivity index (χ0) is 46.1. The van der Waals surface area contributed by atoms with E-state index in [2.05, 4.69) is 280 Å². The third kappa shape index (κ3) is 6.46. The Kier molecular flexibility index (Phi) is 9.49. The van der Waals surface area contributed by atoms with Crippen molar-refractivity contribution in [2.45, 2.75) is 24.7 Å². The van der Waals surface area contributed by atoms with Crippen LogP contribution >= 0.6 is 0 Å². The maximum atomic E-state index is 2.45. The van der Waals surface area contributed by atoms with Crippen LogP contribution in [0.15, 0.2) is 261 Å². The molecule has 0 fully saturated rings. The fourth-order valence-electron chi connectivity index (χ4n) is 11.9. The first-order valence-corrected chi connectivity index (χ1v) is 24.2. The number of nitrogens with zero attached hydrogens (tertiary/aromatic N) is 1. The van der Waals surface area contributed by atoms with Crippen molar-refractivity contribution in [1.82, 2.24) is 0 Å². The maximum Gasteiger partial charge on any atom is 0.0713 e. The van der Waals surface area contributed by atoms with E-state index >= 15 is 0 Å². The maximum absolute atomic E-state index is 2.45. The van der Waals surface area contributed by atoms with Gasteiger partial charge in [-0.1, -0.05) is 226 Å². The average molecular weight is 880 g/mol. The summed E-state index contributed by atoms with van der Waals surface area (Å²) in [6, 6.07) is 96.7. The third-order valence-electron chi connectivity index (χ3n) is 15.2. The van der Waals surface area contributed by atoms with Crippen molar-refractivity contribution in [2.24, 2.45) is 0 Å². The Morgan fingerprint density at radius 3 is 1.39 bits per heavy atom. The van der Waals surface area contributed by atoms with Gasteiger partial charge >= 0.3 is 0 Å². The molecular weight excluding hydrogens is 831 g/mol. The molecule has 0 radical (unpaired) electrons. The van der Waals surface area contributed by atoms with E-state index in [0.29, 0.717) is 0 Å². The molecule has 0 heterocycles. The van der Waals surface area contributed by atoms with E-state index < -0.39 is 5.41 Å². The number of hydrogen-bond acceptors (Lipinski definition) is 1. The Labute approximate surface area is 405 Å². The van der Waals surface area contributed by atoms with E-state index in [9.17, 15) is 0 Å². The summed E-state index contributed by atoms with van der Waals surface area (Å²) in [7, 11) is 0. The average Bonchev–Trinajstić information content (AvgIpc) is 3.84. The van der Waals surface area contributed by atoms with Crippen molar-refractivity contribution < 1.29 is 0 Å². The first-order valence-electron chi connectivity index (χ1n) is 24.2. The molecule has 0 bridgehead atoms. The summed E-state index contributed by atoms with van der Waals surface area (Å²) in [6.45, 7) is 4.71. The van der Waals surface area contributed by atoms with Gasteiger partial charge in [-0.3, -0.25) is 0 Å². The number of rotatable bonds is 8. The topological polar surface area (TPSA) is 3.24 Å². The summed E-state index contributed by atoms with van der Waals surface area (Å²) in [4.78, 5) is 2.40. The molecule has 0 aliphatic heterocycles. The molecule has 0 aromatic heterocycles. The van der Waals surface area contributed by atoms with Gasteiger partial charge in [-0.05, 0) is 148 Å². The van der Waals surface area contributed by atoms with Crippen LogP contribution in [0.1, 0.15) is 47.2 Å². The molecule has 0 saturated heterocycles. The van der Waals surface area contributed by atoms with E-state index in [-0.39, 0.29) is 5.41 Å². The molecule has 13 rings (SSSR count). The Morgan fingerprint density at radius 1 is 0.275 bits per heavy atom. The minimum Gasteiger partial charge on any atom is -0.310 e. The lowest BCUT2D eigenvalue weighted by Crippen LogP contribution is -2.28. The second-order valence-corrected chi connectivity index (χ2v) is 19.2. The first kappa shape index (κ1) is 40.7. The zero-order valence-electron chi connectivity index (χ0n) is 38.8. The predicted octanol–water partition coefficient (Wildman–Crippen LogP) is 18.0. The van der Waals surface area contributed by atoms with Crippen LogP contribution in [0.25, 0.3) is 66.4 Å². The van der Waals surface area contributed by atoms with Gasteiger partial charge in [-0.25, -0.2) is 0 Å². The number of benzene rings is 11. The van der Waals surface area contributed by atoms with Crippen LogP contribution in [0.4, 0.5) is 17.1 Å². The van der Waals surface area contributed by atoms with E-state index in [1.54, 1.807) is 0 Å². The van der Waals surface area contributed by atoms with Crippen molar-refractivity contribution in [2.75, 3.05) is 4.90 Å². The summed E-state index contributed by atoms with van der Waals surface area (Å²) in [5.74, 6) is 0.